The predicted octanol–water partition coefficient (Wildman–Crippen LogP) is -2.10. The molecule has 16 heavy (non-hydrogen) atoms. The fraction of sp³-hybridized carbons (Fsp3) is 0.750. The Morgan fingerprint density at radius 3 is 1.56 bits per heavy atom. The molecule has 0 aromatic heterocycles. The quantitative estimate of drug-likeness (QED) is 0.496. The van der Waals surface area contributed by atoms with Gasteiger partial charge in [-0.1, -0.05) is 0 Å². The maximum atomic E-state index is 10.5. The Bertz CT molecular complexity index is 248. The van der Waals surface area contributed by atoms with Crippen molar-refractivity contribution in [3.8, 4) is 0 Å². The molecule has 8 heteroatoms. The van der Waals surface area contributed by atoms with E-state index < -0.39 is 11.9 Å². The van der Waals surface area contributed by atoms with Gasteiger partial charge in [-0.3, -0.25) is 24.3 Å². The summed E-state index contributed by atoms with van der Waals surface area (Å²) in [5.41, 5.74) is 0. The number of aliphatic hydroxyl groups is 1. The summed E-state index contributed by atoms with van der Waals surface area (Å²) in [4.78, 5) is 25.7. The average Bonchev–Trinajstić information content (AvgIpc) is 2.14. The smallest absolute Gasteiger partial charge is 0.317 e. The van der Waals surface area contributed by atoms with Crippen LogP contribution in [0.1, 0.15) is 0 Å². The Labute approximate surface area is 92.3 Å². The highest BCUT2D eigenvalue weighted by Crippen LogP contribution is 2.05. The molecule has 3 N–H and O–H groups in total. The van der Waals surface area contributed by atoms with Crippen LogP contribution in [0.15, 0.2) is 0 Å². The highest BCUT2D eigenvalue weighted by molar-refractivity contribution is 5.69. The second kappa shape index (κ2) is 5.75. The van der Waals surface area contributed by atoms with Crippen molar-refractivity contribution in [1.29, 1.82) is 0 Å². The van der Waals surface area contributed by atoms with E-state index in [2.05, 4.69) is 0 Å². The molecular formula is C8H15N3O5. The molecule has 1 aliphatic rings. The second-order valence-electron chi connectivity index (χ2n) is 3.68. The molecule has 0 amide bonds. The van der Waals surface area contributed by atoms with E-state index in [0.29, 0.717) is 13.3 Å². The molecule has 0 aromatic carbocycles. The Morgan fingerprint density at radius 2 is 1.25 bits per heavy atom. The average molecular weight is 233 g/mol. The number of hydrogen-bond acceptors (Lipinski definition) is 6. The minimum absolute atomic E-state index is 0.174. The standard InChI is InChI=1S/C8H15N3O5/c12-6-11-4-9(1-7(13)14)3-10(5-11)2-8(15)16/h12H,1-6H2,(H,13,14)(H,15,16). The van der Waals surface area contributed by atoms with Crippen LogP contribution in [0.2, 0.25) is 0 Å². The molecule has 8 nitrogen and oxygen atoms in total. The normalized spacial score (nSPS) is 19.8. The monoisotopic (exact) mass is 233 g/mol. The number of carboxylic acids is 2. The van der Waals surface area contributed by atoms with E-state index in [1.54, 1.807) is 14.7 Å². The first-order valence-electron chi connectivity index (χ1n) is 4.72. The van der Waals surface area contributed by atoms with Gasteiger partial charge >= 0.3 is 11.9 Å². The van der Waals surface area contributed by atoms with Crippen molar-refractivity contribution >= 4 is 11.9 Å². The van der Waals surface area contributed by atoms with E-state index in [1.807, 2.05) is 0 Å². The van der Waals surface area contributed by atoms with Gasteiger partial charge in [-0.15, -0.1) is 0 Å². The van der Waals surface area contributed by atoms with Crippen LogP contribution in [0.3, 0.4) is 0 Å². The van der Waals surface area contributed by atoms with Gasteiger partial charge in [-0.05, 0) is 0 Å². The molecule has 0 spiro atoms. The fourth-order valence-corrected chi connectivity index (χ4v) is 1.65. The number of carbonyl (C=O) groups is 2. The van der Waals surface area contributed by atoms with Crippen LogP contribution in [-0.2, 0) is 9.59 Å². The molecule has 1 rings (SSSR count). The lowest BCUT2D eigenvalue weighted by molar-refractivity contribution is -0.146. The first-order chi connectivity index (χ1) is 7.51. The lowest BCUT2D eigenvalue weighted by Crippen LogP contribution is -2.56. The van der Waals surface area contributed by atoms with E-state index >= 15 is 0 Å². The van der Waals surface area contributed by atoms with E-state index in [9.17, 15) is 9.59 Å². The SMILES string of the molecule is O=C(O)CN1CN(CO)CN(CC(=O)O)C1. The third kappa shape index (κ3) is 4.11. The highest BCUT2D eigenvalue weighted by atomic mass is 16.4. The number of aliphatic hydroxyl groups excluding tert-OH is 1. The second-order valence-corrected chi connectivity index (χ2v) is 3.68. The molecule has 0 bridgehead atoms. The van der Waals surface area contributed by atoms with Gasteiger partial charge in [0.25, 0.3) is 0 Å². The Balaban J connectivity index is 2.53. The van der Waals surface area contributed by atoms with Crippen molar-refractivity contribution < 1.29 is 24.9 Å². The number of aliphatic carboxylic acids is 2. The summed E-state index contributed by atoms with van der Waals surface area (Å²) in [5.74, 6) is -1.95. The van der Waals surface area contributed by atoms with Crippen molar-refractivity contribution in [2.75, 3.05) is 39.8 Å². The summed E-state index contributed by atoms with van der Waals surface area (Å²) >= 11 is 0. The number of rotatable bonds is 5. The zero-order chi connectivity index (χ0) is 12.1. The third-order valence-corrected chi connectivity index (χ3v) is 2.12. The topological polar surface area (TPSA) is 105 Å². The van der Waals surface area contributed by atoms with E-state index in [0.717, 1.165) is 0 Å². The Hall–Kier alpha value is -1.22. The van der Waals surface area contributed by atoms with Crippen LogP contribution in [0.5, 0.6) is 0 Å². The summed E-state index contributed by atoms with van der Waals surface area (Å²) in [7, 11) is 0. The number of carboxylic acid groups (broad SMARTS) is 2. The molecule has 1 saturated heterocycles. The fourth-order valence-electron chi connectivity index (χ4n) is 1.65. The molecule has 0 radical (unpaired) electrons. The summed E-state index contributed by atoms with van der Waals surface area (Å²) < 4.78 is 0. The third-order valence-electron chi connectivity index (χ3n) is 2.12. The van der Waals surface area contributed by atoms with Gasteiger partial charge in [0.1, 0.15) is 0 Å². The maximum Gasteiger partial charge on any atom is 0.317 e. The van der Waals surface area contributed by atoms with Crippen LogP contribution in [0.4, 0.5) is 0 Å². The zero-order valence-corrected chi connectivity index (χ0v) is 8.74. The van der Waals surface area contributed by atoms with Gasteiger partial charge < -0.3 is 15.3 Å². The van der Waals surface area contributed by atoms with Crippen LogP contribution in [0.25, 0.3) is 0 Å². The largest absolute Gasteiger partial charge is 0.480 e. The first-order valence-corrected chi connectivity index (χ1v) is 4.72. The van der Waals surface area contributed by atoms with Crippen LogP contribution >= 0.6 is 0 Å². The lowest BCUT2D eigenvalue weighted by atomic mass is 10.4. The van der Waals surface area contributed by atoms with Crippen molar-refractivity contribution in [2.45, 2.75) is 0 Å². The molecule has 92 valence electrons. The van der Waals surface area contributed by atoms with Crippen molar-refractivity contribution in [3.05, 3.63) is 0 Å². The zero-order valence-electron chi connectivity index (χ0n) is 8.74. The summed E-state index contributed by atoms with van der Waals surface area (Å²) in [5, 5.41) is 26.2. The summed E-state index contributed by atoms with van der Waals surface area (Å²) in [6.07, 6.45) is 0. The molecule has 0 unspecified atom stereocenters. The van der Waals surface area contributed by atoms with Gasteiger partial charge in [0.05, 0.1) is 39.8 Å². The predicted molar refractivity (Wildman–Crippen MR) is 52.2 cm³/mol. The maximum absolute atomic E-state index is 10.5. The molecule has 0 aliphatic carbocycles. The lowest BCUT2D eigenvalue weighted by Gasteiger charge is -2.40. The molecule has 1 fully saturated rings. The van der Waals surface area contributed by atoms with Crippen molar-refractivity contribution in [1.82, 2.24) is 14.7 Å². The summed E-state index contributed by atoms with van der Waals surface area (Å²) in [6, 6.07) is 0. The molecule has 0 aromatic rings. The minimum atomic E-state index is -0.977. The first kappa shape index (κ1) is 12.8. The van der Waals surface area contributed by atoms with Gasteiger partial charge in [-0.2, -0.15) is 0 Å². The molecule has 0 saturated carbocycles. The van der Waals surface area contributed by atoms with Crippen LogP contribution < -0.4 is 0 Å². The van der Waals surface area contributed by atoms with Gasteiger partial charge in [0.15, 0.2) is 0 Å². The van der Waals surface area contributed by atoms with E-state index in [-0.39, 0.29) is 26.5 Å². The Morgan fingerprint density at radius 1 is 0.875 bits per heavy atom. The van der Waals surface area contributed by atoms with Crippen LogP contribution in [0, 0.1) is 0 Å². The molecular weight excluding hydrogens is 218 g/mol. The summed E-state index contributed by atoms with van der Waals surface area (Å²) in [6.45, 7) is 0.332. The van der Waals surface area contributed by atoms with Gasteiger partial charge in [-0.25, -0.2) is 0 Å². The Kier molecular flexibility index (Phi) is 4.62. The highest BCUT2D eigenvalue weighted by Gasteiger charge is 2.25. The van der Waals surface area contributed by atoms with Crippen molar-refractivity contribution in [3.63, 3.8) is 0 Å². The van der Waals surface area contributed by atoms with Crippen LogP contribution in [-0.4, -0.2) is 81.8 Å². The van der Waals surface area contributed by atoms with E-state index in [4.69, 9.17) is 15.3 Å². The molecule has 1 heterocycles. The minimum Gasteiger partial charge on any atom is -0.480 e. The number of hydrogen-bond donors (Lipinski definition) is 3. The molecule has 0 atom stereocenters. The molecule has 1 aliphatic heterocycles. The van der Waals surface area contributed by atoms with Gasteiger partial charge in [0, 0.05) is 0 Å². The van der Waals surface area contributed by atoms with Crippen molar-refractivity contribution in [2.24, 2.45) is 0 Å². The number of nitrogens with zero attached hydrogens (tertiary/aromatic N) is 3. The van der Waals surface area contributed by atoms with Gasteiger partial charge in [0.2, 0.25) is 0 Å². The van der Waals surface area contributed by atoms with E-state index in [1.165, 1.54) is 0 Å².